The van der Waals surface area contributed by atoms with Crippen LogP contribution < -0.4 is 10.2 Å². The molecular formula is C21H26N2O3. The van der Waals surface area contributed by atoms with Gasteiger partial charge < -0.3 is 15.0 Å². The Morgan fingerprint density at radius 2 is 1.69 bits per heavy atom. The quantitative estimate of drug-likeness (QED) is 0.753. The van der Waals surface area contributed by atoms with E-state index in [0.29, 0.717) is 19.5 Å². The molecule has 138 valence electrons. The highest BCUT2D eigenvalue weighted by Gasteiger charge is 2.16. The van der Waals surface area contributed by atoms with E-state index >= 15 is 0 Å². The number of amides is 2. The van der Waals surface area contributed by atoms with Gasteiger partial charge in [-0.15, -0.1) is 0 Å². The molecule has 2 rings (SSSR count). The van der Waals surface area contributed by atoms with E-state index in [-0.39, 0.29) is 18.4 Å². The summed E-state index contributed by atoms with van der Waals surface area (Å²) >= 11 is 0. The number of anilines is 1. The standard InChI is InChI=1S/C21H26N2O3/c1-3-13-22-20(24)14-17-9-11-19(12-10-17)23(21(25)16-26-2)15-18-7-5-4-6-8-18/h4-12H,3,13-16H2,1-2H3,(H,22,24). The van der Waals surface area contributed by atoms with E-state index in [1.54, 1.807) is 4.90 Å². The number of carbonyl (C=O) groups is 2. The van der Waals surface area contributed by atoms with Crippen LogP contribution in [-0.4, -0.2) is 32.1 Å². The van der Waals surface area contributed by atoms with E-state index in [0.717, 1.165) is 23.2 Å². The molecule has 0 unspecified atom stereocenters. The predicted octanol–water partition coefficient (Wildman–Crippen LogP) is 2.93. The van der Waals surface area contributed by atoms with Crippen LogP contribution >= 0.6 is 0 Å². The van der Waals surface area contributed by atoms with Gasteiger partial charge in [0.2, 0.25) is 5.91 Å². The molecule has 0 fully saturated rings. The van der Waals surface area contributed by atoms with Crippen molar-refractivity contribution < 1.29 is 14.3 Å². The van der Waals surface area contributed by atoms with Crippen LogP contribution in [0.1, 0.15) is 24.5 Å². The van der Waals surface area contributed by atoms with E-state index in [1.807, 2.05) is 61.5 Å². The van der Waals surface area contributed by atoms with Gasteiger partial charge in [0.25, 0.3) is 5.91 Å². The lowest BCUT2D eigenvalue weighted by Gasteiger charge is -2.23. The van der Waals surface area contributed by atoms with Crippen LogP contribution in [0.25, 0.3) is 0 Å². The van der Waals surface area contributed by atoms with Crippen LogP contribution in [0.3, 0.4) is 0 Å². The van der Waals surface area contributed by atoms with Gasteiger partial charge in [-0.1, -0.05) is 49.4 Å². The number of benzene rings is 2. The summed E-state index contributed by atoms with van der Waals surface area (Å²) in [5, 5.41) is 2.87. The second kappa shape index (κ2) is 10.4. The minimum atomic E-state index is -0.107. The van der Waals surface area contributed by atoms with Gasteiger partial charge in [-0.05, 0) is 29.7 Å². The van der Waals surface area contributed by atoms with Crippen molar-refractivity contribution in [2.45, 2.75) is 26.3 Å². The molecule has 2 aromatic carbocycles. The number of nitrogens with zero attached hydrogens (tertiary/aromatic N) is 1. The smallest absolute Gasteiger partial charge is 0.253 e. The topological polar surface area (TPSA) is 58.6 Å². The summed E-state index contributed by atoms with van der Waals surface area (Å²) in [6.07, 6.45) is 1.26. The summed E-state index contributed by atoms with van der Waals surface area (Å²) in [4.78, 5) is 26.0. The van der Waals surface area contributed by atoms with Gasteiger partial charge in [0.05, 0.1) is 13.0 Å². The first-order valence-electron chi connectivity index (χ1n) is 8.83. The van der Waals surface area contributed by atoms with Crippen molar-refractivity contribution in [2.24, 2.45) is 0 Å². The molecule has 2 aromatic rings. The Labute approximate surface area is 155 Å². The first kappa shape index (κ1) is 19.7. The molecule has 0 atom stereocenters. The van der Waals surface area contributed by atoms with Crippen LogP contribution in [0.5, 0.6) is 0 Å². The Kier molecular flexibility index (Phi) is 7.83. The first-order chi connectivity index (χ1) is 12.6. The number of methoxy groups -OCH3 is 1. The summed E-state index contributed by atoms with van der Waals surface area (Å²) in [5.41, 5.74) is 2.75. The second-order valence-electron chi connectivity index (χ2n) is 6.09. The van der Waals surface area contributed by atoms with Gasteiger partial charge in [-0.3, -0.25) is 9.59 Å². The monoisotopic (exact) mass is 354 g/mol. The number of hydrogen-bond acceptors (Lipinski definition) is 3. The molecule has 1 N–H and O–H groups in total. The maximum Gasteiger partial charge on any atom is 0.253 e. The Hall–Kier alpha value is -2.66. The van der Waals surface area contributed by atoms with Gasteiger partial charge >= 0.3 is 0 Å². The Morgan fingerprint density at radius 3 is 2.31 bits per heavy atom. The second-order valence-corrected chi connectivity index (χ2v) is 6.09. The van der Waals surface area contributed by atoms with E-state index in [4.69, 9.17) is 4.74 Å². The Morgan fingerprint density at radius 1 is 1.00 bits per heavy atom. The molecule has 0 heterocycles. The van der Waals surface area contributed by atoms with Crippen molar-refractivity contribution in [1.82, 2.24) is 5.32 Å². The molecule has 0 saturated carbocycles. The van der Waals surface area contributed by atoms with Crippen molar-refractivity contribution in [1.29, 1.82) is 0 Å². The fourth-order valence-electron chi connectivity index (χ4n) is 2.60. The molecule has 0 aliphatic heterocycles. The normalized spacial score (nSPS) is 10.4. The lowest BCUT2D eigenvalue weighted by atomic mass is 10.1. The summed E-state index contributed by atoms with van der Waals surface area (Å²) in [5.74, 6) is -0.0963. The molecule has 0 radical (unpaired) electrons. The van der Waals surface area contributed by atoms with E-state index < -0.39 is 0 Å². The highest BCUT2D eigenvalue weighted by Crippen LogP contribution is 2.19. The first-order valence-corrected chi connectivity index (χ1v) is 8.83. The van der Waals surface area contributed by atoms with Crippen molar-refractivity contribution in [3.8, 4) is 0 Å². The van der Waals surface area contributed by atoms with Gasteiger partial charge in [-0.25, -0.2) is 0 Å². The SMILES string of the molecule is CCCNC(=O)Cc1ccc(N(Cc2ccccc2)C(=O)COC)cc1. The Bertz CT molecular complexity index is 699. The average Bonchev–Trinajstić information content (AvgIpc) is 2.66. The van der Waals surface area contributed by atoms with Crippen molar-refractivity contribution >= 4 is 17.5 Å². The van der Waals surface area contributed by atoms with Crippen LogP contribution in [0.2, 0.25) is 0 Å². The average molecular weight is 354 g/mol. The van der Waals surface area contributed by atoms with Gasteiger partial charge in [0.1, 0.15) is 6.61 Å². The molecule has 0 spiro atoms. The highest BCUT2D eigenvalue weighted by molar-refractivity contribution is 5.94. The van der Waals surface area contributed by atoms with Crippen molar-refractivity contribution in [3.63, 3.8) is 0 Å². The van der Waals surface area contributed by atoms with Gasteiger partial charge in [0, 0.05) is 19.3 Å². The minimum absolute atomic E-state index is 0.0104. The fourth-order valence-corrected chi connectivity index (χ4v) is 2.60. The fraction of sp³-hybridized carbons (Fsp3) is 0.333. The molecule has 0 bridgehead atoms. The van der Waals surface area contributed by atoms with Crippen LogP contribution in [0.15, 0.2) is 54.6 Å². The molecule has 0 aliphatic rings. The summed E-state index contributed by atoms with van der Waals surface area (Å²) in [7, 11) is 1.51. The molecule has 5 nitrogen and oxygen atoms in total. The van der Waals surface area contributed by atoms with Crippen molar-refractivity contribution in [3.05, 3.63) is 65.7 Å². The van der Waals surface area contributed by atoms with E-state index in [1.165, 1.54) is 7.11 Å². The predicted molar refractivity (Wildman–Crippen MR) is 103 cm³/mol. The molecule has 26 heavy (non-hydrogen) atoms. The third-order valence-electron chi connectivity index (χ3n) is 3.94. The maximum atomic E-state index is 12.5. The van der Waals surface area contributed by atoms with Crippen LogP contribution in [-0.2, 0) is 27.3 Å². The van der Waals surface area contributed by atoms with Gasteiger partial charge in [0.15, 0.2) is 0 Å². The van der Waals surface area contributed by atoms with Crippen molar-refractivity contribution in [2.75, 3.05) is 25.2 Å². The van der Waals surface area contributed by atoms with Crippen LogP contribution in [0.4, 0.5) is 5.69 Å². The lowest BCUT2D eigenvalue weighted by Crippen LogP contribution is -2.33. The zero-order valence-electron chi connectivity index (χ0n) is 15.4. The molecule has 2 amide bonds. The van der Waals surface area contributed by atoms with E-state index in [9.17, 15) is 9.59 Å². The molecular weight excluding hydrogens is 328 g/mol. The summed E-state index contributed by atoms with van der Waals surface area (Å²) in [6, 6.07) is 17.3. The Balaban J connectivity index is 2.11. The highest BCUT2D eigenvalue weighted by atomic mass is 16.5. The zero-order valence-corrected chi connectivity index (χ0v) is 15.4. The van der Waals surface area contributed by atoms with E-state index in [2.05, 4.69) is 5.32 Å². The third-order valence-corrected chi connectivity index (χ3v) is 3.94. The lowest BCUT2D eigenvalue weighted by molar-refractivity contribution is -0.122. The molecule has 5 heteroatoms. The number of carbonyl (C=O) groups excluding carboxylic acids is 2. The number of nitrogens with one attached hydrogen (secondary N) is 1. The largest absolute Gasteiger partial charge is 0.375 e. The maximum absolute atomic E-state index is 12.5. The number of ether oxygens (including phenoxy) is 1. The third kappa shape index (κ3) is 6.01. The molecule has 0 saturated heterocycles. The van der Waals surface area contributed by atoms with Crippen LogP contribution in [0, 0.1) is 0 Å². The number of hydrogen-bond donors (Lipinski definition) is 1. The molecule has 0 aliphatic carbocycles. The summed E-state index contributed by atoms with van der Waals surface area (Å²) < 4.78 is 5.01. The van der Waals surface area contributed by atoms with Gasteiger partial charge in [-0.2, -0.15) is 0 Å². The zero-order chi connectivity index (χ0) is 18.8. The molecule has 0 aromatic heterocycles. The summed E-state index contributed by atoms with van der Waals surface area (Å²) in [6.45, 7) is 3.20. The minimum Gasteiger partial charge on any atom is -0.375 e. The number of rotatable bonds is 9.